The van der Waals surface area contributed by atoms with Crippen LogP contribution in [0.15, 0.2) is 42.5 Å². The molecule has 2 aromatic rings. The van der Waals surface area contributed by atoms with Gasteiger partial charge in [0.15, 0.2) is 0 Å². The van der Waals surface area contributed by atoms with E-state index in [4.69, 9.17) is 26.8 Å². The second-order valence-corrected chi connectivity index (χ2v) is 4.56. The molecular weight excluding hydrogens is 262 g/mol. The molecule has 0 aliphatic heterocycles. The van der Waals surface area contributed by atoms with E-state index in [1.54, 1.807) is 7.11 Å². The number of ether oxygens (including phenoxy) is 2. The maximum Gasteiger partial charge on any atom is 0.119 e. The summed E-state index contributed by atoms with van der Waals surface area (Å²) >= 11 is 6.08. The number of anilines is 1. The highest BCUT2D eigenvalue weighted by atomic mass is 35.5. The predicted octanol–water partition coefficient (Wildman–Crippen LogP) is 3.65. The van der Waals surface area contributed by atoms with Crippen LogP contribution in [-0.4, -0.2) is 7.11 Å². The predicted molar refractivity (Wildman–Crippen MR) is 77.4 cm³/mol. The molecule has 0 radical (unpaired) electrons. The lowest BCUT2D eigenvalue weighted by atomic mass is 10.2. The van der Waals surface area contributed by atoms with E-state index in [2.05, 4.69) is 0 Å². The Morgan fingerprint density at radius 3 is 2.63 bits per heavy atom. The topological polar surface area (TPSA) is 44.5 Å². The van der Waals surface area contributed by atoms with Crippen molar-refractivity contribution in [1.82, 2.24) is 0 Å². The van der Waals surface area contributed by atoms with Crippen LogP contribution in [0.4, 0.5) is 5.69 Å². The molecule has 0 amide bonds. The van der Waals surface area contributed by atoms with Gasteiger partial charge in [0.05, 0.1) is 20.3 Å². The molecule has 0 fully saturated rings. The fraction of sp³-hybridized carbons (Fsp3) is 0.200. The summed E-state index contributed by atoms with van der Waals surface area (Å²) in [7, 11) is 1.64. The average molecular weight is 278 g/mol. The molecule has 0 aromatic heterocycles. The van der Waals surface area contributed by atoms with E-state index in [1.807, 2.05) is 42.5 Å². The van der Waals surface area contributed by atoms with Crippen molar-refractivity contribution in [3.63, 3.8) is 0 Å². The number of nitrogen functional groups attached to an aromatic ring is 1. The second-order valence-electron chi connectivity index (χ2n) is 4.15. The lowest BCUT2D eigenvalue weighted by Gasteiger charge is -2.09. The van der Waals surface area contributed by atoms with Gasteiger partial charge in [-0.1, -0.05) is 29.8 Å². The van der Waals surface area contributed by atoms with Crippen LogP contribution >= 0.6 is 11.6 Å². The number of hydrogen-bond donors (Lipinski definition) is 1. The van der Waals surface area contributed by atoms with Gasteiger partial charge in [0, 0.05) is 16.3 Å². The van der Waals surface area contributed by atoms with Crippen LogP contribution < -0.4 is 10.5 Å². The van der Waals surface area contributed by atoms with Gasteiger partial charge in [0.25, 0.3) is 0 Å². The number of halogens is 1. The summed E-state index contributed by atoms with van der Waals surface area (Å²) in [5.74, 6) is 0.818. The zero-order valence-electron chi connectivity index (χ0n) is 10.7. The van der Waals surface area contributed by atoms with Gasteiger partial charge in [-0.25, -0.2) is 0 Å². The zero-order valence-corrected chi connectivity index (χ0v) is 11.5. The molecule has 2 rings (SSSR count). The minimum Gasteiger partial charge on any atom is -0.497 e. The van der Waals surface area contributed by atoms with Crippen LogP contribution in [0.5, 0.6) is 5.75 Å². The lowest BCUT2D eigenvalue weighted by Crippen LogP contribution is -1.99. The molecular formula is C15H16ClNO2. The molecule has 4 heteroatoms. The third-order valence-electron chi connectivity index (χ3n) is 2.80. The summed E-state index contributed by atoms with van der Waals surface area (Å²) in [5, 5.41) is 0.630. The van der Waals surface area contributed by atoms with E-state index in [9.17, 15) is 0 Å². The Morgan fingerprint density at radius 2 is 1.89 bits per heavy atom. The van der Waals surface area contributed by atoms with Crippen molar-refractivity contribution in [2.45, 2.75) is 13.2 Å². The highest BCUT2D eigenvalue weighted by Crippen LogP contribution is 2.23. The SMILES string of the molecule is COc1cccc(COCc2c(N)cccc2Cl)c1. The van der Waals surface area contributed by atoms with E-state index in [-0.39, 0.29) is 0 Å². The number of methoxy groups -OCH3 is 1. The Labute approximate surface area is 117 Å². The van der Waals surface area contributed by atoms with E-state index in [1.165, 1.54) is 0 Å². The minimum atomic E-state index is 0.392. The third-order valence-corrected chi connectivity index (χ3v) is 3.16. The quantitative estimate of drug-likeness (QED) is 0.849. The molecule has 0 spiro atoms. The van der Waals surface area contributed by atoms with Crippen LogP contribution in [0.25, 0.3) is 0 Å². The van der Waals surface area contributed by atoms with Gasteiger partial charge in [-0.2, -0.15) is 0 Å². The molecule has 2 N–H and O–H groups in total. The van der Waals surface area contributed by atoms with Gasteiger partial charge in [-0.05, 0) is 29.8 Å². The van der Waals surface area contributed by atoms with E-state index in [0.29, 0.717) is 23.9 Å². The number of hydrogen-bond acceptors (Lipinski definition) is 3. The molecule has 0 bridgehead atoms. The van der Waals surface area contributed by atoms with Crippen LogP contribution in [0.3, 0.4) is 0 Å². The zero-order chi connectivity index (χ0) is 13.7. The number of benzene rings is 2. The first-order valence-electron chi connectivity index (χ1n) is 5.94. The van der Waals surface area contributed by atoms with Gasteiger partial charge < -0.3 is 15.2 Å². The first-order valence-corrected chi connectivity index (χ1v) is 6.32. The summed E-state index contributed by atoms with van der Waals surface area (Å²) in [4.78, 5) is 0. The van der Waals surface area contributed by atoms with Crippen molar-refractivity contribution in [3.05, 3.63) is 58.6 Å². The molecule has 0 aliphatic rings. The molecule has 19 heavy (non-hydrogen) atoms. The molecule has 0 aliphatic carbocycles. The Balaban J connectivity index is 1.96. The highest BCUT2D eigenvalue weighted by molar-refractivity contribution is 6.31. The molecule has 3 nitrogen and oxygen atoms in total. The molecule has 0 atom stereocenters. The van der Waals surface area contributed by atoms with Crippen LogP contribution in [0, 0.1) is 0 Å². The van der Waals surface area contributed by atoms with Crippen molar-refractivity contribution in [2.24, 2.45) is 0 Å². The first kappa shape index (κ1) is 13.7. The van der Waals surface area contributed by atoms with Gasteiger partial charge in [-0.3, -0.25) is 0 Å². The van der Waals surface area contributed by atoms with Gasteiger partial charge in [-0.15, -0.1) is 0 Å². The van der Waals surface area contributed by atoms with E-state index < -0.39 is 0 Å². The Bertz CT molecular complexity index is 537. The lowest BCUT2D eigenvalue weighted by molar-refractivity contribution is 0.107. The molecule has 0 saturated carbocycles. The number of rotatable bonds is 5. The fourth-order valence-corrected chi connectivity index (χ4v) is 2.00. The molecule has 0 saturated heterocycles. The van der Waals surface area contributed by atoms with Crippen molar-refractivity contribution in [2.75, 3.05) is 12.8 Å². The maximum absolute atomic E-state index is 6.08. The van der Waals surface area contributed by atoms with Crippen LogP contribution in [0.1, 0.15) is 11.1 Å². The second kappa shape index (κ2) is 6.45. The largest absolute Gasteiger partial charge is 0.497 e. The van der Waals surface area contributed by atoms with E-state index >= 15 is 0 Å². The Kier molecular flexibility index (Phi) is 4.66. The summed E-state index contributed by atoms with van der Waals surface area (Å²) in [6.07, 6.45) is 0. The normalized spacial score (nSPS) is 10.4. The monoisotopic (exact) mass is 277 g/mol. The Hall–Kier alpha value is -1.71. The van der Waals surface area contributed by atoms with Crippen molar-refractivity contribution >= 4 is 17.3 Å². The summed E-state index contributed by atoms with van der Waals surface area (Å²) in [6, 6.07) is 13.2. The van der Waals surface area contributed by atoms with Crippen molar-refractivity contribution < 1.29 is 9.47 Å². The summed E-state index contributed by atoms with van der Waals surface area (Å²) in [6.45, 7) is 0.880. The number of nitrogens with two attached hydrogens (primary N) is 1. The van der Waals surface area contributed by atoms with Crippen molar-refractivity contribution in [1.29, 1.82) is 0 Å². The summed E-state index contributed by atoms with van der Waals surface area (Å²) < 4.78 is 10.8. The summed E-state index contributed by atoms with van der Waals surface area (Å²) in [5.41, 5.74) is 8.39. The minimum absolute atomic E-state index is 0.392. The van der Waals surface area contributed by atoms with Gasteiger partial charge >= 0.3 is 0 Å². The smallest absolute Gasteiger partial charge is 0.119 e. The van der Waals surface area contributed by atoms with Gasteiger partial charge in [0.2, 0.25) is 0 Å². The molecule has 0 unspecified atom stereocenters. The fourth-order valence-electron chi connectivity index (χ4n) is 1.76. The highest BCUT2D eigenvalue weighted by Gasteiger charge is 2.04. The van der Waals surface area contributed by atoms with Crippen LogP contribution in [0.2, 0.25) is 5.02 Å². The van der Waals surface area contributed by atoms with Crippen molar-refractivity contribution in [3.8, 4) is 5.75 Å². The maximum atomic E-state index is 6.08. The first-order chi connectivity index (χ1) is 9.20. The molecule has 0 heterocycles. The standard InChI is InChI=1S/C15H16ClNO2/c1-18-12-5-2-4-11(8-12)9-19-10-13-14(16)6-3-7-15(13)17/h2-8H,9-10,17H2,1H3. The Morgan fingerprint density at radius 1 is 1.11 bits per heavy atom. The average Bonchev–Trinajstić information content (AvgIpc) is 2.42. The molecule has 2 aromatic carbocycles. The molecule has 100 valence electrons. The van der Waals surface area contributed by atoms with Gasteiger partial charge in [0.1, 0.15) is 5.75 Å². The van der Waals surface area contributed by atoms with Crippen LogP contribution in [-0.2, 0) is 18.0 Å². The van der Waals surface area contributed by atoms with E-state index in [0.717, 1.165) is 16.9 Å². The third kappa shape index (κ3) is 3.63.